The van der Waals surface area contributed by atoms with Crippen LogP contribution in [0.5, 0.6) is 0 Å². The highest BCUT2D eigenvalue weighted by Gasteiger charge is 2.27. The molecule has 0 saturated heterocycles. The van der Waals surface area contributed by atoms with Crippen molar-refractivity contribution in [2.45, 2.75) is 39.2 Å². The second kappa shape index (κ2) is 4.85. The molecule has 0 heterocycles. The maximum Gasteiger partial charge on any atom is 0.223 e. The highest BCUT2D eigenvalue weighted by Crippen LogP contribution is 2.33. The lowest BCUT2D eigenvalue weighted by Crippen LogP contribution is -2.38. The van der Waals surface area contributed by atoms with E-state index in [1.807, 2.05) is 18.7 Å². The first kappa shape index (κ1) is 10.8. The highest BCUT2D eigenvalue weighted by molar-refractivity contribution is 6.18. The van der Waals surface area contributed by atoms with Crippen molar-refractivity contribution in [3.05, 3.63) is 0 Å². The van der Waals surface area contributed by atoms with Crippen LogP contribution in [0.2, 0.25) is 0 Å². The minimum Gasteiger partial charge on any atom is -0.339 e. The quantitative estimate of drug-likeness (QED) is 0.628. The van der Waals surface area contributed by atoms with Crippen LogP contribution < -0.4 is 0 Å². The van der Waals surface area contributed by atoms with E-state index in [9.17, 15) is 4.79 Å². The van der Waals surface area contributed by atoms with Gasteiger partial charge in [-0.15, -0.1) is 11.6 Å². The zero-order valence-electron chi connectivity index (χ0n) is 8.42. The molecular weight excluding hydrogens is 186 g/mol. The first-order chi connectivity index (χ1) is 6.15. The third-order valence-corrected chi connectivity index (χ3v) is 2.60. The van der Waals surface area contributed by atoms with Crippen molar-refractivity contribution in [2.24, 2.45) is 5.92 Å². The number of hydrogen-bond donors (Lipinski definition) is 0. The summed E-state index contributed by atoms with van der Waals surface area (Å²) in [6, 6.07) is 0.282. The molecule has 0 unspecified atom stereocenters. The third-order valence-electron chi connectivity index (χ3n) is 2.43. The van der Waals surface area contributed by atoms with Gasteiger partial charge in [-0.3, -0.25) is 4.79 Å². The number of nitrogens with zero attached hydrogens (tertiary/aromatic N) is 1. The lowest BCUT2D eigenvalue weighted by atomic mass is 10.2. The average Bonchev–Trinajstić information content (AvgIpc) is 2.83. The van der Waals surface area contributed by atoms with Gasteiger partial charge in [-0.05, 0) is 32.6 Å². The summed E-state index contributed by atoms with van der Waals surface area (Å²) >= 11 is 5.64. The Labute approximate surface area is 85.2 Å². The minimum absolute atomic E-state index is 0.276. The summed E-state index contributed by atoms with van der Waals surface area (Å²) in [4.78, 5) is 13.6. The Kier molecular flexibility index (Phi) is 4.04. The van der Waals surface area contributed by atoms with Crippen LogP contribution in [-0.4, -0.2) is 29.3 Å². The third kappa shape index (κ3) is 3.55. The Morgan fingerprint density at radius 1 is 1.54 bits per heavy atom. The minimum atomic E-state index is 0.276. The number of rotatable bonds is 5. The molecule has 1 amide bonds. The van der Waals surface area contributed by atoms with Gasteiger partial charge in [0, 0.05) is 24.9 Å². The highest BCUT2D eigenvalue weighted by atomic mass is 35.5. The Morgan fingerprint density at radius 3 is 2.54 bits per heavy atom. The fourth-order valence-electron chi connectivity index (χ4n) is 1.45. The van der Waals surface area contributed by atoms with Gasteiger partial charge in [-0.25, -0.2) is 0 Å². The second-order valence-corrected chi connectivity index (χ2v) is 4.40. The van der Waals surface area contributed by atoms with Gasteiger partial charge < -0.3 is 4.90 Å². The molecule has 0 aliphatic heterocycles. The number of carbonyl (C=O) groups excluding carboxylic acids is 1. The van der Waals surface area contributed by atoms with Crippen molar-refractivity contribution in [2.75, 3.05) is 12.4 Å². The van der Waals surface area contributed by atoms with Gasteiger partial charge in [0.25, 0.3) is 0 Å². The number of alkyl halides is 1. The van der Waals surface area contributed by atoms with E-state index >= 15 is 0 Å². The topological polar surface area (TPSA) is 20.3 Å². The smallest absolute Gasteiger partial charge is 0.223 e. The number of carbonyl (C=O) groups is 1. The summed E-state index contributed by atoms with van der Waals surface area (Å²) in [7, 11) is 0. The molecule has 1 aliphatic carbocycles. The Hall–Kier alpha value is -0.240. The number of halogens is 1. The predicted octanol–water partition coefficient (Wildman–Crippen LogP) is 2.26. The van der Waals surface area contributed by atoms with Crippen molar-refractivity contribution in [1.29, 1.82) is 0 Å². The van der Waals surface area contributed by atoms with Crippen LogP contribution in [0.4, 0.5) is 0 Å². The first-order valence-corrected chi connectivity index (χ1v) is 5.54. The molecule has 1 fully saturated rings. The largest absolute Gasteiger partial charge is 0.339 e. The van der Waals surface area contributed by atoms with Crippen LogP contribution in [0.15, 0.2) is 0 Å². The summed E-state index contributed by atoms with van der Waals surface area (Å²) < 4.78 is 0. The average molecular weight is 204 g/mol. The van der Waals surface area contributed by atoms with E-state index in [1.165, 1.54) is 12.8 Å². The second-order valence-electron chi connectivity index (χ2n) is 4.02. The monoisotopic (exact) mass is 203 g/mol. The van der Waals surface area contributed by atoms with Crippen molar-refractivity contribution < 1.29 is 4.79 Å². The van der Waals surface area contributed by atoms with Crippen LogP contribution in [-0.2, 0) is 4.79 Å². The molecule has 76 valence electrons. The molecule has 0 aromatic carbocycles. The molecule has 0 bridgehead atoms. The Bertz CT molecular complexity index is 178. The van der Waals surface area contributed by atoms with Gasteiger partial charge in [0.1, 0.15) is 0 Å². The van der Waals surface area contributed by atoms with E-state index in [-0.39, 0.29) is 11.9 Å². The van der Waals surface area contributed by atoms with E-state index in [1.54, 1.807) is 0 Å². The molecule has 0 aromatic rings. The van der Waals surface area contributed by atoms with E-state index < -0.39 is 0 Å². The fraction of sp³-hybridized carbons (Fsp3) is 0.900. The van der Waals surface area contributed by atoms with Gasteiger partial charge in [0.2, 0.25) is 5.91 Å². The zero-order valence-corrected chi connectivity index (χ0v) is 9.18. The van der Waals surface area contributed by atoms with Crippen LogP contribution in [0.3, 0.4) is 0 Å². The zero-order chi connectivity index (χ0) is 9.84. The first-order valence-electron chi connectivity index (χ1n) is 5.00. The van der Waals surface area contributed by atoms with Crippen molar-refractivity contribution >= 4 is 17.5 Å². The number of hydrogen-bond acceptors (Lipinski definition) is 1. The molecule has 0 radical (unpaired) electrons. The van der Waals surface area contributed by atoms with Crippen LogP contribution in [0.1, 0.15) is 33.1 Å². The standard InChI is InChI=1S/C10H18ClNO/c1-8(2)12(6-5-11)10(13)7-9-3-4-9/h8-9H,3-7H2,1-2H3. The normalized spacial score (nSPS) is 16.3. The summed E-state index contributed by atoms with van der Waals surface area (Å²) in [6.45, 7) is 4.76. The van der Waals surface area contributed by atoms with Crippen molar-refractivity contribution in [3.63, 3.8) is 0 Å². The van der Waals surface area contributed by atoms with Crippen molar-refractivity contribution in [1.82, 2.24) is 4.90 Å². The van der Waals surface area contributed by atoms with Crippen LogP contribution in [0, 0.1) is 5.92 Å². The molecule has 1 rings (SSSR count). The Morgan fingerprint density at radius 2 is 2.15 bits per heavy atom. The summed E-state index contributed by atoms with van der Waals surface area (Å²) in [5, 5.41) is 0. The molecule has 3 heteroatoms. The summed E-state index contributed by atoms with van der Waals surface area (Å²) in [6.07, 6.45) is 3.20. The van der Waals surface area contributed by atoms with E-state index in [0.717, 1.165) is 6.42 Å². The molecule has 0 spiro atoms. The van der Waals surface area contributed by atoms with Gasteiger partial charge in [0.05, 0.1) is 0 Å². The number of amides is 1. The SMILES string of the molecule is CC(C)N(CCCl)C(=O)CC1CC1. The van der Waals surface area contributed by atoms with Gasteiger partial charge >= 0.3 is 0 Å². The Balaban J connectivity index is 2.36. The summed E-state index contributed by atoms with van der Waals surface area (Å²) in [5.41, 5.74) is 0. The molecular formula is C10H18ClNO. The predicted molar refractivity (Wildman–Crippen MR) is 54.9 cm³/mol. The molecule has 1 saturated carbocycles. The molecule has 13 heavy (non-hydrogen) atoms. The maximum absolute atomic E-state index is 11.7. The lowest BCUT2D eigenvalue weighted by molar-refractivity contribution is -0.132. The van der Waals surface area contributed by atoms with E-state index in [0.29, 0.717) is 18.3 Å². The van der Waals surface area contributed by atoms with Crippen molar-refractivity contribution in [3.8, 4) is 0 Å². The van der Waals surface area contributed by atoms with Gasteiger partial charge in [-0.1, -0.05) is 0 Å². The van der Waals surface area contributed by atoms with E-state index in [4.69, 9.17) is 11.6 Å². The lowest BCUT2D eigenvalue weighted by Gasteiger charge is -2.25. The maximum atomic E-state index is 11.7. The van der Waals surface area contributed by atoms with Crippen LogP contribution in [0.25, 0.3) is 0 Å². The molecule has 1 aliphatic rings. The molecule has 2 nitrogen and oxygen atoms in total. The van der Waals surface area contributed by atoms with E-state index in [2.05, 4.69) is 0 Å². The summed E-state index contributed by atoms with van der Waals surface area (Å²) in [5.74, 6) is 1.48. The molecule has 0 atom stereocenters. The van der Waals surface area contributed by atoms with Gasteiger partial charge in [0.15, 0.2) is 0 Å². The van der Waals surface area contributed by atoms with Crippen LogP contribution >= 0.6 is 11.6 Å². The van der Waals surface area contributed by atoms with Gasteiger partial charge in [-0.2, -0.15) is 0 Å². The fourth-order valence-corrected chi connectivity index (χ4v) is 1.63. The molecule has 0 N–H and O–H groups in total. The molecule has 0 aromatic heterocycles.